The summed E-state index contributed by atoms with van der Waals surface area (Å²) in [7, 11) is 6.06. The minimum Gasteiger partial charge on any atom is -0.298 e. The number of nitrogens with zero attached hydrogens (tertiary/aromatic N) is 2. The summed E-state index contributed by atoms with van der Waals surface area (Å²) >= 11 is 0. The van der Waals surface area contributed by atoms with E-state index in [9.17, 15) is 0 Å². The third kappa shape index (κ3) is 4.31. The van der Waals surface area contributed by atoms with Crippen LogP contribution in [0.25, 0.3) is 0 Å². The van der Waals surface area contributed by atoms with Crippen LogP contribution in [-0.2, 0) is 0 Å². The largest absolute Gasteiger partial charge is 0.298 e. The summed E-state index contributed by atoms with van der Waals surface area (Å²) in [5, 5.41) is 4.35. The third-order valence-corrected chi connectivity index (χ3v) is 8.41. The molecule has 2 aromatic carbocycles. The first-order valence-corrected chi connectivity index (χ1v) is 11.9. The van der Waals surface area contributed by atoms with Gasteiger partial charge < -0.3 is 0 Å². The van der Waals surface area contributed by atoms with E-state index in [4.69, 9.17) is 0 Å². The third-order valence-electron chi connectivity index (χ3n) is 5.81. The highest BCUT2D eigenvalue weighted by molar-refractivity contribution is 7.76. The Bertz CT molecular complexity index is 992. The molecule has 1 aromatic heterocycles. The SMILES string of the molecule is C[C@H](C1C=CC=C1P(c1ccccc1)c1ccccc1)[n+]1ccc([N+](C)(C)C)cc1. The maximum Gasteiger partial charge on any atom is 0.175 e. The van der Waals surface area contributed by atoms with Gasteiger partial charge in [-0.25, -0.2) is 4.57 Å². The van der Waals surface area contributed by atoms with Crippen molar-refractivity contribution >= 4 is 24.2 Å². The van der Waals surface area contributed by atoms with Crippen molar-refractivity contribution in [3.63, 3.8) is 0 Å². The van der Waals surface area contributed by atoms with Crippen LogP contribution in [0.4, 0.5) is 5.69 Å². The number of hydrogen-bond acceptors (Lipinski definition) is 0. The van der Waals surface area contributed by atoms with E-state index in [0.29, 0.717) is 12.0 Å². The van der Waals surface area contributed by atoms with Gasteiger partial charge in [0.15, 0.2) is 18.4 Å². The first kappa shape index (κ1) is 20.7. The summed E-state index contributed by atoms with van der Waals surface area (Å²) in [6.45, 7) is 2.34. The van der Waals surface area contributed by atoms with E-state index in [1.54, 1.807) is 0 Å². The van der Waals surface area contributed by atoms with E-state index in [2.05, 4.69) is 136 Å². The van der Waals surface area contributed by atoms with Gasteiger partial charge in [-0.1, -0.05) is 78.9 Å². The van der Waals surface area contributed by atoms with Crippen LogP contribution in [0, 0.1) is 5.92 Å². The fraction of sp³-hybridized carbons (Fsp3) is 0.222. The standard InChI is InChI=1S/C27H31N2P/c1-22(28-20-18-23(19-21-28)29(2,3)4)26-16-11-17-27(26)30(24-12-7-5-8-13-24)25-14-9-6-10-15-25/h5-22,26H,1-4H3/q+2/t22-,26?/m1/s1. The van der Waals surface area contributed by atoms with Gasteiger partial charge in [0.05, 0.1) is 39.2 Å². The smallest absolute Gasteiger partial charge is 0.175 e. The number of allylic oxidation sites excluding steroid dienone is 4. The fourth-order valence-corrected chi connectivity index (χ4v) is 6.72. The Morgan fingerprint density at radius 3 is 1.83 bits per heavy atom. The van der Waals surface area contributed by atoms with Crippen LogP contribution in [0.5, 0.6) is 0 Å². The van der Waals surface area contributed by atoms with Crippen molar-refractivity contribution in [3.8, 4) is 0 Å². The Hall–Kier alpha value is -2.54. The molecule has 2 atom stereocenters. The molecule has 0 radical (unpaired) electrons. The average Bonchev–Trinajstić information content (AvgIpc) is 3.24. The summed E-state index contributed by atoms with van der Waals surface area (Å²) in [5.41, 5.74) is 1.31. The normalized spacial score (nSPS) is 17.2. The maximum absolute atomic E-state index is 2.38. The lowest BCUT2D eigenvalue weighted by Gasteiger charge is -2.27. The van der Waals surface area contributed by atoms with E-state index in [1.165, 1.54) is 21.6 Å². The monoisotopic (exact) mass is 414 g/mol. The lowest BCUT2D eigenvalue weighted by atomic mass is 10.0. The van der Waals surface area contributed by atoms with E-state index in [1.807, 2.05) is 0 Å². The van der Waals surface area contributed by atoms with Crippen molar-refractivity contribution in [2.75, 3.05) is 21.1 Å². The van der Waals surface area contributed by atoms with Crippen LogP contribution in [0.2, 0.25) is 0 Å². The molecule has 1 unspecified atom stereocenters. The lowest BCUT2D eigenvalue weighted by Crippen LogP contribution is -2.42. The first-order chi connectivity index (χ1) is 14.4. The zero-order valence-electron chi connectivity index (χ0n) is 18.3. The molecule has 0 bridgehead atoms. The van der Waals surface area contributed by atoms with Gasteiger partial charge in [-0.15, -0.1) is 0 Å². The Morgan fingerprint density at radius 2 is 1.33 bits per heavy atom. The predicted octanol–water partition coefficient (Wildman–Crippen LogP) is 4.93. The highest BCUT2D eigenvalue weighted by Gasteiger charge is 2.34. The second kappa shape index (κ2) is 8.68. The van der Waals surface area contributed by atoms with Crippen molar-refractivity contribution in [1.82, 2.24) is 4.48 Å². The van der Waals surface area contributed by atoms with Crippen LogP contribution in [0.1, 0.15) is 13.0 Å². The number of rotatable bonds is 6. The molecule has 152 valence electrons. The molecule has 0 saturated carbocycles. The van der Waals surface area contributed by atoms with Crippen LogP contribution in [-0.4, -0.2) is 21.1 Å². The molecule has 2 nitrogen and oxygen atoms in total. The molecule has 4 rings (SSSR count). The molecule has 0 spiro atoms. The number of quaternary nitrogens is 1. The van der Waals surface area contributed by atoms with Gasteiger partial charge in [-0.3, -0.25) is 4.48 Å². The van der Waals surface area contributed by atoms with Crippen molar-refractivity contribution < 1.29 is 4.57 Å². The van der Waals surface area contributed by atoms with Gasteiger partial charge in [0.2, 0.25) is 0 Å². The van der Waals surface area contributed by atoms with Crippen molar-refractivity contribution in [2.45, 2.75) is 13.0 Å². The van der Waals surface area contributed by atoms with Gasteiger partial charge >= 0.3 is 0 Å². The van der Waals surface area contributed by atoms with Gasteiger partial charge in [0, 0.05) is 0 Å². The maximum atomic E-state index is 2.38. The number of hydrogen-bond donors (Lipinski definition) is 0. The Balaban J connectivity index is 1.68. The number of aromatic nitrogens is 1. The summed E-state index contributed by atoms with van der Waals surface area (Å²) < 4.78 is 3.19. The highest BCUT2D eigenvalue weighted by atomic mass is 31.1. The van der Waals surface area contributed by atoms with Crippen molar-refractivity contribution in [1.29, 1.82) is 0 Å². The van der Waals surface area contributed by atoms with Crippen LogP contribution >= 0.6 is 7.92 Å². The van der Waals surface area contributed by atoms with Gasteiger partial charge in [-0.2, -0.15) is 0 Å². The van der Waals surface area contributed by atoms with E-state index >= 15 is 0 Å². The molecule has 1 aliphatic carbocycles. The highest BCUT2D eigenvalue weighted by Crippen LogP contribution is 2.50. The number of benzene rings is 2. The molecule has 1 heterocycles. The molecule has 0 amide bonds. The molecular formula is C27H31N2P+2. The molecule has 0 fully saturated rings. The summed E-state index contributed by atoms with van der Waals surface area (Å²) in [6, 6.07) is 26.8. The molecular weight excluding hydrogens is 383 g/mol. The van der Waals surface area contributed by atoms with Crippen LogP contribution in [0.3, 0.4) is 0 Å². The quantitative estimate of drug-likeness (QED) is 0.306. The minimum absolute atomic E-state index is 0.356. The van der Waals surface area contributed by atoms with E-state index < -0.39 is 7.92 Å². The Labute approximate surface area is 182 Å². The molecule has 0 N–H and O–H groups in total. The van der Waals surface area contributed by atoms with Crippen molar-refractivity contribution in [3.05, 3.63) is 109 Å². The fourth-order valence-electron chi connectivity index (χ4n) is 4.05. The molecule has 3 heteroatoms. The first-order valence-electron chi connectivity index (χ1n) is 10.6. The summed E-state index contributed by atoms with van der Waals surface area (Å²) in [5.74, 6) is 0.386. The summed E-state index contributed by atoms with van der Waals surface area (Å²) in [6.07, 6.45) is 11.5. The average molecular weight is 415 g/mol. The number of pyridine rings is 1. The van der Waals surface area contributed by atoms with E-state index in [-0.39, 0.29) is 0 Å². The second-order valence-corrected chi connectivity index (χ2v) is 11.0. The van der Waals surface area contributed by atoms with E-state index in [0.717, 1.165) is 4.48 Å². The molecule has 0 aliphatic heterocycles. The lowest BCUT2D eigenvalue weighted by molar-refractivity contribution is -0.723. The van der Waals surface area contributed by atoms with Gasteiger partial charge in [0.25, 0.3) is 0 Å². The molecule has 3 aromatic rings. The van der Waals surface area contributed by atoms with Crippen LogP contribution < -0.4 is 19.7 Å². The zero-order valence-corrected chi connectivity index (χ0v) is 19.2. The molecule has 30 heavy (non-hydrogen) atoms. The van der Waals surface area contributed by atoms with Crippen LogP contribution in [0.15, 0.2) is 109 Å². The predicted molar refractivity (Wildman–Crippen MR) is 131 cm³/mol. The second-order valence-electron chi connectivity index (χ2n) is 8.77. The Morgan fingerprint density at radius 1 is 0.800 bits per heavy atom. The summed E-state index contributed by atoms with van der Waals surface area (Å²) in [4.78, 5) is 0. The minimum atomic E-state index is -0.557. The van der Waals surface area contributed by atoms with Gasteiger partial charge in [0.1, 0.15) is 5.69 Å². The molecule has 1 aliphatic rings. The Kier molecular flexibility index (Phi) is 5.99. The van der Waals surface area contributed by atoms with Crippen molar-refractivity contribution in [2.24, 2.45) is 5.92 Å². The zero-order chi connectivity index (χ0) is 21.1. The topological polar surface area (TPSA) is 3.88 Å². The molecule has 0 saturated heterocycles. The van der Waals surface area contributed by atoms with Gasteiger partial charge in [-0.05, 0) is 30.8 Å².